The quantitative estimate of drug-likeness (QED) is 0.566. The minimum Gasteiger partial charge on any atom is -0.317 e. The Labute approximate surface area is 67.4 Å². The molecule has 1 spiro atoms. The Bertz CT molecular complexity index is 130. The zero-order chi connectivity index (χ0) is 7.73. The predicted molar refractivity (Wildman–Crippen MR) is 43.3 cm³/mol. The van der Waals surface area contributed by atoms with E-state index in [-0.39, 0.29) is 0 Å². The molecule has 0 radical (unpaired) electrons. The van der Waals surface area contributed by atoms with Crippen molar-refractivity contribution < 1.29 is 4.39 Å². The number of rotatable bonds is 0. The highest BCUT2D eigenvalue weighted by Crippen LogP contribution is 2.49. The first-order chi connectivity index (χ1) is 5.31. The SMILES string of the molecule is FC1CC2(CCCNCC2)C1. The van der Waals surface area contributed by atoms with Crippen molar-refractivity contribution in [3.8, 4) is 0 Å². The fraction of sp³-hybridized carbons (Fsp3) is 1.00. The third kappa shape index (κ3) is 1.41. The number of hydrogen-bond donors (Lipinski definition) is 1. The predicted octanol–water partition coefficient (Wildman–Crippen LogP) is 1.88. The maximum absolute atomic E-state index is 12.7. The first kappa shape index (κ1) is 7.53. The Morgan fingerprint density at radius 1 is 1.18 bits per heavy atom. The largest absolute Gasteiger partial charge is 0.317 e. The second kappa shape index (κ2) is 2.74. The highest BCUT2D eigenvalue weighted by Gasteiger charge is 2.43. The molecule has 1 saturated carbocycles. The average Bonchev–Trinajstić information content (AvgIpc) is 2.12. The molecule has 0 atom stereocenters. The third-order valence-electron chi connectivity index (χ3n) is 3.20. The summed E-state index contributed by atoms with van der Waals surface area (Å²) in [6, 6.07) is 0. The molecule has 2 aliphatic rings. The van der Waals surface area contributed by atoms with E-state index in [0.717, 1.165) is 25.9 Å². The molecule has 64 valence electrons. The Kier molecular flexibility index (Phi) is 1.88. The molecule has 1 nitrogen and oxygen atoms in total. The molecule has 1 saturated heterocycles. The van der Waals surface area contributed by atoms with Gasteiger partial charge in [0.1, 0.15) is 6.17 Å². The van der Waals surface area contributed by atoms with Crippen molar-refractivity contribution in [2.75, 3.05) is 13.1 Å². The minimum atomic E-state index is -0.479. The lowest BCUT2D eigenvalue weighted by Crippen LogP contribution is -2.39. The van der Waals surface area contributed by atoms with E-state index < -0.39 is 6.17 Å². The number of nitrogens with one attached hydrogen (secondary N) is 1. The monoisotopic (exact) mass is 157 g/mol. The molecule has 2 rings (SSSR count). The molecule has 11 heavy (non-hydrogen) atoms. The van der Waals surface area contributed by atoms with Gasteiger partial charge in [-0.3, -0.25) is 0 Å². The topological polar surface area (TPSA) is 12.0 Å². The summed E-state index contributed by atoms with van der Waals surface area (Å²) in [5.41, 5.74) is 0.420. The second-order valence-electron chi connectivity index (χ2n) is 4.11. The third-order valence-corrected chi connectivity index (χ3v) is 3.20. The van der Waals surface area contributed by atoms with Crippen LogP contribution >= 0.6 is 0 Å². The van der Waals surface area contributed by atoms with Crippen LogP contribution < -0.4 is 5.32 Å². The molecule has 0 aromatic carbocycles. The van der Waals surface area contributed by atoms with E-state index in [0.29, 0.717) is 5.41 Å². The van der Waals surface area contributed by atoms with Crippen molar-refractivity contribution in [3.05, 3.63) is 0 Å². The van der Waals surface area contributed by atoms with Crippen LogP contribution in [0.1, 0.15) is 32.1 Å². The van der Waals surface area contributed by atoms with Gasteiger partial charge in [-0.2, -0.15) is 0 Å². The average molecular weight is 157 g/mol. The molecule has 1 heterocycles. The van der Waals surface area contributed by atoms with Crippen molar-refractivity contribution in [2.24, 2.45) is 5.41 Å². The molecular formula is C9H16FN. The molecule has 0 unspecified atom stereocenters. The van der Waals surface area contributed by atoms with Crippen molar-refractivity contribution in [3.63, 3.8) is 0 Å². The summed E-state index contributed by atoms with van der Waals surface area (Å²) in [6.45, 7) is 2.24. The normalized spacial score (nSPS) is 45.0. The Morgan fingerprint density at radius 2 is 2.00 bits per heavy atom. The van der Waals surface area contributed by atoms with Gasteiger partial charge in [-0.05, 0) is 50.6 Å². The molecule has 2 heteroatoms. The zero-order valence-electron chi connectivity index (χ0n) is 6.91. The van der Waals surface area contributed by atoms with Crippen LogP contribution in [0.2, 0.25) is 0 Å². The number of alkyl halides is 1. The van der Waals surface area contributed by atoms with E-state index in [1.807, 2.05) is 0 Å². The van der Waals surface area contributed by atoms with Gasteiger partial charge in [0.15, 0.2) is 0 Å². The maximum atomic E-state index is 12.7. The molecule has 0 aromatic heterocycles. The Balaban J connectivity index is 1.91. The lowest BCUT2D eigenvalue weighted by atomic mass is 9.63. The van der Waals surface area contributed by atoms with Gasteiger partial charge in [0, 0.05) is 0 Å². The highest BCUT2D eigenvalue weighted by molar-refractivity contribution is 4.95. The molecule has 1 N–H and O–H groups in total. The van der Waals surface area contributed by atoms with Gasteiger partial charge in [-0.1, -0.05) is 0 Å². The fourth-order valence-corrected chi connectivity index (χ4v) is 2.48. The molecule has 0 aromatic rings. The van der Waals surface area contributed by atoms with E-state index in [4.69, 9.17) is 0 Å². The first-order valence-corrected chi connectivity index (χ1v) is 4.66. The van der Waals surface area contributed by atoms with Crippen LogP contribution in [0.3, 0.4) is 0 Å². The highest BCUT2D eigenvalue weighted by atomic mass is 19.1. The summed E-state index contributed by atoms with van der Waals surface area (Å²) in [5, 5.41) is 3.36. The maximum Gasteiger partial charge on any atom is 0.101 e. The van der Waals surface area contributed by atoms with Crippen LogP contribution in [0.4, 0.5) is 4.39 Å². The summed E-state index contributed by atoms with van der Waals surface area (Å²) in [4.78, 5) is 0. The van der Waals surface area contributed by atoms with Gasteiger partial charge >= 0.3 is 0 Å². The molecule has 2 fully saturated rings. The van der Waals surface area contributed by atoms with E-state index in [9.17, 15) is 4.39 Å². The minimum absolute atomic E-state index is 0.420. The summed E-state index contributed by atoms with van der Waals surface area (Å²) in [5.74, 6) is 0. The van der Waals surface area contributed by atoms with E-state index in [2.05, 4.69) is 5.32 Å². The van der Waals surface area contributed by atoms with Crippen molar-refractivity contribution >= 4 is 0 Å². The lowest BCUT2D eigenvalue weighted by molar-refractivity contribution is 0.0149. The molecule has 1 aliphatic carbocycles. The number of halogens is 1. The van der Waals surface area contributed by atoms with E-state index in [1.54, 1.807) is 0 Å². The summed E-state index contributed by atoms with van der Waals surface area (Å²) in [6.07, 6.45) is 4.90. The zero-order valence-corrected chi connectivity index (χ0v) is 6.91. The molecule has 1 aliphatic heterocycles. The van der Waals surface area contributed by atoms with Gasteiger partial charge in [0.05, 0.1) is 0 Å². The van der Waals surface area contributed by atoms with Crippen molar-refractivity contribution in [1.29, 1.82) is 0 Å². The summed E-state index contributed by atoms with van der Waals surface area (Å²) in [7, 11) is 0. The van der Waals surface area contributed by atoms with Crippen molar-refractivity contribution in [2.45, 2.75) is 38.3 Å². The Morgan fingerprint density at radius 3 is 2.73 bits per heavy atom. The van der Waals surface area contributed by atoms with Gasteiger partial charge in [-0.25, -0.2) is 4.39 Å². The molecule has 0 amide bonds. The molecular weight excluding hydrogens is 141 g/mol. The van der Waals surface area contributed by atoms with E-state index >= 15 is 0 Å². The summed E-state index contributed by atoms with van der Waals surface area (Å²) >= 11 is 0. The summed E-state index contributed by atoms with van der Waals surface area (Å²) < 4.78 is 12.7. The van der Waals surface area contributed by atoms with Crippen LogP contribution in [-0.2, 0) is 0 Å². The van der Waals surface area contributed by atoms with Crippen molar-refractivity contribution in [1.82, 2.24) is 5.32 Å². The van der Waals surface area contributed by atoms with Crippen LogP contribution in [0.5, 0.6) is 0 Å². The first-order valence-electron chi connectivity index (χ1n) is 4.66. The van der Waals surface area contributed by atoms with E-state index in [1.165, 1.54) is 19.3 Å². The standard InChI is InChI=1S/C9H16FN/c10-8-6-9(7-8)2-1-4-11-5-3-9/h8,11H,1-7H2. The van der Waals surface area contributed by atoms with Gasteiger partial charge < -0.3 is 5.32 Å². The van der Waals surface area contributed by atoms with Gasteiger partial charge in [0.2, 0.25) is 0 Å². The van der Waals surface area contributed by atoms with Crippen LogP contribution in [0, 0.1) is 5.41 Å². The smallest absolute Gasteiger partial charge is 0.101 e. The molecule has 0 bridgehead atoms. The van der Waals surface area contributed by atoms with Gasteiger partial charge in [0.25, 0.3) is 0 Å². The second-order valence-corrected chi connectivity index (χ2v) is 4.11. The van der Waals surface area contributed by atoms with Crippen LogP contribution in [0.25, 0.3) is 0 Å². The number of hydrogen-bond acceptors (Lipinski definition) is 1. The lowest BCUT2D eigenvalue weighted by Gasteiger charge is -2.43. The van der Waals surface area contributed by atoms with Crippen LogP contribution in [-0.4, -0.2) is 19.3 Å². The van der Waals surface area contributed by atoms with Crippen LogP contribution in [0.15, 0.2) is 0 Å². The van der Waals surface area contributed by atoms with Gasteiger partial charge in [-0.15, -0.1) is 0 Å². The fourth-order valence-electron chi connectivity index (χ4n) is 2.48. The Hall–Kier alpha value is -0.110.